The fourth-order valence-corrected chi connectivity index (χ4v) is 2.62. The Labute approximate surface area is 141 Å². The number of thiophene rings is 1. The van der Waals surface area contributed by atoms with Crippen molar-refractivity contribution in [2.24, 2.45) is 0 Å². The summed E-state index contributed by atoms with van der Waals surface area (Å²) in [4.78, 5) is 12.1. The maximum Gasteiger partial charge on any atom is 0.261 e. The second-order valence-corrected chi connectivity index (χ2v) is 5.82. The molecule has 1 N–H and O–H groups in total. The number of nitrogens with zero attached hydrogens (tertiary/aromatic N) is 3. The maximum absolute atomic E-state index is 13.5. The Hall–Kier alpha value is -2.74. The van der Waals surface area contributed by atoms with Crippen molar-refractivity contribution in [1.82, 2.24) is 20.3 Å². The maximum atomic E-state index is 13.5. The predicted molar refractivity (Wildman–Crippen MR) is 87.6 cm³/mol. The average Bonchev–Trinajstić information content (AvgIpc) is 3.25. The van der Waals surface area contributed by atoms with Crippen LogP contribution >= 0.6 is 11.3 Å². The first kappa shape index (κ1) is 16.1. The van der Waals surface area contributed by atoms with Gasteiger partial charge in [0.2, 0.25) is 0 Å². The number of rotatable bonds is 6. The van der Waals surface area contributed by atoms with Gasteiger partial charge in [0, 0.05) is 5.38 Å². The van der Waals surface area contributed by atoms with Crippen LogP contribution in [0.5, 0.6) is 5.75 Å². The molecule has 3 rings (SSSR count). The van der Waals surface area contributed by atoms with Crippen LogP contribution in [0.4, 0.5) is 4.39 Å². The molecule has 1 amide bonds. The van der Waals surface area contributed by atoms with Gasteiger partial charge in [0.15, 0.2) is 17.7 Å². The zero-order valence-electron chi connectivity index (χ0n) is 12.8. The summed E-state index contributed by atoms with van der Waals surface area (Å²) in [6, 6.07) is 7.88. The molecule has 24 heavy (non-hydrogen) atoms. The van der Waals surface area contributed by atoms with Crippen molar-refractivity contribution >= 4 is 17.2 Å². The molecule has 0 aliphatic rings. The van der Waals surface area contributed by atoms with Crippen LogP contribution in [0.3, 0.4) is 0 Å². The van der Waals surface area contributed by atoms with Crippen LogP contribution in [-0.4, -0.2) is 27.0 Å². The first-order valence-corrected chi connectivity index (χ1v) is 8.20. The number of hydrogen-bond acceptors (Lipinski definition) is 5. The van der Waals surface area contributed by atoms with E-state index >= 15 is 0 Å². The minimum atomic E-state index is -0.825. The molecule has 0 spiro atoms. The molecule has 2 heterocycles. The number of carbonyl (C=O) groups excluding carboxylic acids is 1. The van der Waals surface area contributed by atoms with E-state index in [1.54, 1.807) is 41.3 Å². The van der Waals surface area contributed by atoms with Gasteiger partial charge in [-0.25, -0.2) is 9.07 Å². The Morgan fingerprint density at radius 2 is 2.25 bits per heavy atom. The first-order valence-electron chi connectivity index (χ1n) is 7.26. The van der Waals surface area contributed by atoms with Gasteiger partial charge in [-0.05, 0) is 30.5 Å². The number of nitrogens with one attached hydrogen (secondary N) is 1. The minimum Gasteiger partial charge on any atom is -0.478 e. The van der Waals surface area contributed by atoms with Crippen LogP contribution in [0, 0.1) is 5.82 Å². The number of carbonyl (C=O) groups is 1. The third-order valence-corrected chi connectivity index (χ3v) is 3.94. The van der Waals surface area contributed by atoms with E-state index in [4.69, 9.17) is 4.74 Å². The second-order valence-electron chi connectivity index (χ2n) is 5.04. The molecule has 1 atom stereocenters. The van der Waals surface area contributed by atoms with Gasteiger partial charge in [0.05, 0.1) is 18.4 Å². The Balaban J connectivity index is 1.54. The fraction of sp³-hybridized carbons (Fsp3) is 0.188. The average molecular weight is 346 g/mol. The van der Waals surface area contributed by atoms with E-state index in [2.05, 4.69) is 15.6 Å². The van der Waals surface area contributed by atoms with Crippen molar-refractivity contribution < 1.29 is 13.9 Å². The van der Waals surface area contributed by atoms with Crippen LogP contribution < -0.4 is 10.1 Å². The highest BCUT2D eigenvalue weighted by Gasteiger charge is 2.16. The summed E-state index contributed by atoms with van der Waals surface area (Å²) in [6.07, 6.45) is 0.916. The van der Waals surface area contributed by atoms with E-state index in [1.165, 1.54) is 12.1 Å². The normalized spacial score (nSPS) is 11.9. The van der Waals surface area contributed by atoms with Crippen molar-refractivity contribution in [2.75, 3.05) is 0 Å². The number of para-hydroxylation sites is 1. The molecule has 0 aliphatic heterocycles. The molecule has 3 aromatic rings. The van der Waals surface area contributed by atoms with E-state index < -0.39 is 11.9 Å². The minimum absolute atomic E-state index is 0.0450. The molecule has 0 bridgehead atoms. The monoisotopic (exact) mass is 346 g/mol. The Kier molecular flexibility index (Phi) is 4.85. The molecule has 0 saturated carbocycles. The quantitative estimate of drug-likeness (QED) is 0.745. The lowest BCUT2D eigenvalue weighted by molar-refractivity contribution is -0.127. The first-order chi connectivity index (χ1) is 11.6. The largest absolute Gasteiger partial charge is 0.478 e. The summed E-state index contributed by atoms with van der Waals surface area (Å²) in [5, 5.41) is 14.6. The number of halogens is 1. The lowest BCUT2D eigenvalue weighted by Gasteiger charge is -2.14. The van der Waals surface area contributed by atoms with Gasteiger partial charge in [-0.1, -0.05) is 17.3 Å². The lowest BCUT2D eigenvalue weighted by Crippen LogP contribution is -2.36. The molecule has 0 aliphatic carbocycles. The zero-order chi connectivity index (χ0) is 16.9. The number of amides is 1. The highest BCUT2D eigenvalue weighted by Crippen LogP contribution is 2.17. The smallest absolute Gasteiger partial charge is 0.261 e. The molecule has 6 nitrogen and oxygen atoms in total. The van der Waals surface area contributed by atoms with Gasteiger partial charge in [-0.3, -0.25) is 4.79 Å². The highest BCUT2D eigenvalue weighted by molar-refractivity contribution is 7.08. The molecule has 1 unspecified atom stereocenters. The van der Waals surface area contributed by atoms with Gasteiger partial charge in [0.1, 0.15) is 5.69 Å². The zero-order valence-corrected chi connectivity index (χ0v) is 13.7. The van der Waals surface area contributed by atoms with Gasteiger partial charge in [-0.15, -0.1) is 5.10 Å². The Morgan fingerprint density at radius 3 is 3.00 bits per heavy atom. The fourth-order valence-electron chi connectivity index (χ4n) is 2.00. The van der Waals surface area contributed by atoms with Crippen molar-refractivity contribution in [3.63, 3.8) is 0 Å². The summed E-state index contributed by atoms with van der Waals surface area (Å²) >= 11 is 1.56. The van der Waals surface area contributed by atoms with Crippen molar-refractivity contribution in [2.45, 2.75) is 19.6 Å². The van der Waals surface area contributed by atoms with Gasteiger partial charge >= 0.3 is 0 Å². The van der Waals surface area contributed by atoms with E-state index in [-0.39, 0.29) is 18.2 Å². The van der Waals surface area contributed by atoms with E-state index in [9.17, 15) is 9.18 Å². The van der Waals surface area contributed by atoms with Crippen LogP contribution in [-0.2, 0) is 11.3 Å². The molecule has 124 valence electrons. The predicted octanol–water partition coefficient (Wildman–Crippen LogP) is 2.55. The summed E-state index contributed by atoms with van der Waals surface area (Å²) in [5.41, 5.74) is 1.54. The summed E-state index contributed by atoms with van der Waals surface area (Å²) in [5.74, 6) is -0.817. The number of benzene rings is 1. The summed E-state index contributed by atoms with van der Waals surface area (Å²) < 4.78 is 20.5. The van der Waals surface area contributed by atoms with Crippen LogP contribution in [0.25, 0.3) is 5.69 Å². The molecular formula is C16H15FN4O2S. The molecular weight excluding hydrogens is 331 g/mol. The number of hydrogen-bond donors (Lipinski definition) is 1. The summed E-state index contributed by atoms with van der Waals surface area (Å²) in [6.45, 7) is 1.78. The molecule has 1 aromatic carbocycles. The van der Waals surface area contributed by atoms with Gasteiger partial charge in [0.25, 0.3) is 5.91 Å². The van der Waals surface area contributed by atoms with Gasteiger partial charge in [-0.2, -0.15) is 11.3 Å². The third-order valence-electron chi connectivity index (χ3n) is 3.26. The molecule has 8 heteroatoms. The molecule has 0 radical (unpaired) electrons. The van der Waals surface area contributed by atoms with E-state index in [1.807, 2.05) is 16.8 Å². The molecule has 0 saturated heterocycles. The molecule has 2 aromatic heterocycles. The Morgan fingerprint density at radius 1 is 1.42 bits per heavy atom. The van der Waals surface area contributed by atoms with Crippen LogP contribution in [0.2, 0.25) is 0 Å². The van der Waals surface area contributed by atoms with Crippen molar-refractivity contribution in [3.05, 3.63) is 58.8 Å². The number of aromatic nitrogens is 3. The second kappa shape index (κ2) is 7.22. The van der Waals surface area contributed by atoms with E-state index in [0.29, 0.717) is 5.69 Å². The van der Waals surface area contributed by atoms with Crippen molar-refractivity contribution in [3.8, 4) is 11.4 Å². The van der Waals surface area contributed by atoms with E-state index in [0.717, 1.165) is 5.69 Å². The van der Waals surface area contributed by atoms with Crippen molar-refractivity contribution in [1.29, 1.82) is 0 Å². The molecule has 0 fully saturated rings. The lowest BCUT2D eigenvalue weighted by atomic mass is 10.3. The SMILES string of the molecule is CC(Oc1ccccc1F)C(=O)NCc1cn(-c2ccsc2)nn1. The number of ether oxygens (including phenoxy) is 1. The summed E-state index contributed by atoms with van der Waals surface area (Å²) in [7, 11) is 0. The van der Waals surface area contributed by atoms with Crippen LogP contribution in [0.15, 0.2) is 47.3 Å². The van der Waals surface area contributed by atoms with Gasteiger partial charge < -0.3 is 10.1 Å². The Bertz CT molecular complexity index is 819. The standard InChI is InChI=1S/C16H15FN4O2S/c1-11(23-15-5-3-2-4-14(15)17)16(22)18-8-12-9-21(20-19-12)13-6-7-24-10-13/h2-7,9-11H,8H2,1H3,(H,18,22). The third kappa shape index (κ3) is 3.77. The van der Waals surface area contributed by atoms with Crippen LogP contribution in [0.1, 0.15) is 12.6 Å². The highest BCUT2D eigenvalue weighted by atomic mass is 32.1. The topological polar surface area (TPSA) is 69.0 Å².